The molecule has 0 bridgehead atoms. The lowest BCUT2D eigenvalue weighted by Crippen LogP contribution is -2.14. The number of fused-ring (bicyclic) bond motifs is 1. The minimum absolute atomic E-state index is 0.192. The van der Waals surface area contributed by atoms with Gasteiger partial charge in [-0.25, -0.2) is 17.6 Å². The van der Waals surface area contributed by atoms with Crippen molar-refractivity contribution in [2.45, 2.75) is 9.79 Å². The van der Waals surface area contributed by atoms with Crippen molar-refractivity contribution in [3.05, 3.63) is 69.8 Å². The average Bonchev–Trinajstić information content (AvgIpc) is 2.47. The van der Waals surface area contributed by atoms with E-state index >= 15 is 0 Å². The molecule has 0 radical (unpaired) electrons. The van der Waals surface area contributed by atoms with Crippen LogP contribution in [-0.2, 0) is 9.84 Å². The Bertz CT molecular complexity index is 1020. The van der Waals surface area contributed by atoms with E-state index in [9.17, 15) is 17.6 Å². The quantitative estimate of drug-likeness (QED) is 0.530. The largest absolute Gasteiger partial charge is 0.422 e. The monoisotopic (exact) mass is 338 g/mol. The van der Waals surface area contributed by atoms with Crippen molar-refractivity contribution < 1.29 is 17.2 Å². The first-order valence-electron chi connectivity index (χ1n) is 6.12. The van der Waals surface area contributed by atoms with Gasteiger partial charge in [-0.1, -0.05) is 11.6 Å². The van der Waals surface area contributed by atoms with Gasteiger partial charge >= 0.3 is 5.63 Å². The molecule has 0 aliphatic rings. The number of halogens is 2. The zero-order valence-corrected chi connectivity index (χ0v) is 12.5. The number of rotatable bonds is 2. The summed E-state index contributed by atoms with van der Waals surface area (Å²) in [4.78, 5) is 11.2. The van der Waals surface area contributed by atoms with Crippen LogP contribution in [0.4, 0.5) is 4.39 Å². The molecule has 3 rings (SSSR count). The van der Waals surface area contributed by atoms with Gasteiger partial charge in [-0.15, -0.1) is 0 Å². The molecule has 0 saturated carbocycles. The number of hydrogen-bond donors (Lipinski definition) is 0. The van der Waals surface area contributed by atoms with E-state index in [-0.39, 0.29) is 10.5 Å². The van der Waals surface area contributed by atoms with Gasteiger partial charge in [-0.05, 0) is 48.5 Å². The molecule has 0 saturated heterocycles. The molecule has 7 heteroatoms. The van der Waals surface area contributed by atoms with Crippen LogP contribution in [-0.4, -0.2) is 8.42 Å². The van der Waals surface area contributed by atoms with Gasteiger partial charge in [0.1, 0.15) is 11.4 Å². The Morgan fingerprint density at radius 1 is 1.00 bits per heavy atom. The van der Waals surface area contributed by atoms with Crippen LogP contribution in [0.25, 0.3) is 11.0 Å². The molecule has 0 unspecified atom stereocenters. The lowest BCUT2D eigenvalue weighted by atomic mass is 10.2. The van der Waals surface area contributed by atoms with E-state index in [1.807, 2.05) is 0 Å². The van der Waals surface area contributed by atoms with E-state index in [0.29, 0.717) is 10.4 Å². The molecule has 22 heavy (non-hydrogen) atoms. The first kappa shape index (κ1) is 14.7. The van der Waals surface area contributed by atoms with Gasteiger partial charge in [0.25, 0.3) is 0 Å². The van der Waals surface area contributed by atoms with E-state index in [0.717, 1.165) is 24.3 Å². The van der Waals surface area contributed by atoms with E-state index in [4.69, 9.17) is 16.0 Å². The van der Waals surface area contributed by atoms with E-state index in [1.54, 1.807) is 0 Å². The van der Waals surface area contributed by atoms with Crippen molar-refractivity contribution in [2.24, 2.45) is 0 Å². The highest BCUT2D eigenvalue weighted by molar-refractivity contribution is 7.91. The molecule has 0 spiro atoms. The number of hydrogen-bond acceptors (Lipinski definition) is 4. The summed E-state index contributed by atoms with van der Waals surface area (Å²) in [5.74, 6) is -0.573. The average molecular weight is 339 g/mol. The summed E-state index contributed by atoms with van der Waals surface area (Å²) in [7, 11) is -4.11. The molecule has 0 atom stereocenters. The molecule has 4 nitrogen and oxygen atoms in total. The second kappa shape index (κ2) is 5.23. The Kier molecular flexibility index (Phi) is 3.50. The van der Waals surface area contributed by atoms with Gasteiger partial charge in [0.2, 0.25) is 9.84 Å². The van der Waals surface area contributed by atoms with Gasteiger partial charge < -0.3 is 4.42 Å². The molecule has 2 aromatic carbocycles. The molecule has 112 valence electrons. The lowest BCUT2D eigenvalue weighted by molar-refractivity contribution is 0.532. The maximum Gasteiger partial charge on any atom is 0.355 e. The molecular weight excluding hydrogens is 331 g/mol. The Morgan fingerprint density at radius 2 is 1.68 bits per heavy atom. The van der Waals surface area contributed by atoms with Crippen LogP contribution in [0, 0.1) is 5.82 Å². The van der Waals surface area contributed by atoms with E-state index in [1.165, 1.54) is 24.3 Å². The molecule has 0 N–H and O–H groups in total. The molecule has 3 aromatic rings. The molecular formula is C15H8ClFO4S. The Morgan fingerprint density at radius 3 is 2.36 bits per heavy atom. The van der Waals surface area contributed by atoms with Crippen molar-refractivity contribution in [1.82, 2.24) is 0 Å². The Labute approximate surface area is 129 Å². The second-order valence-corrected chi connectivity index (χ2v) is 6.89. The summed E-state index contributed by atoms with van der Waals surface area (Å²) < 4.78 is 42.9. The minimum Gasteiger partial charge on any atom is -0.422 e. The fourth-order valence-corrected chi connectivity index (χ4v) is 3.48. The predicted octanol–water partition coefficient (Wildman–Crippen LogP) is 3.42. The highest BCUT2D eigenvalue weighted by Crippen LogP contribution is 2.24. The van der Waals surface area contributed by atoms with Crippen LogP contribution in [0.15, 0.2) is 67.5 Å². The maximum absolute atomic E-state index is 12.9. The fraction of sp³-hybridized carbons (Fsp3) is 0. The number of sulfone groups is 1. The second-order valence-electron chi connectivity index (χ2n) is 4.54. The van der Waals surface area contributed by atoms with Gasteiger partial charge in [-0.2, -0.15) is 0 Å². The van der Waals surface area contributed by atoms with Crippen LogP contribution < -0.4 is 5.63 Å². The van der Waals surface area contributed by atoms with Crippen molar-refractivity contribution in [2.75, 3.05) is 0 Å². The maximum atomic E-state index is 12.9. The van der Waals surface area contributed by atoms with Crippen LogP contribution in [0.5, 0.6) is 0 Å². The molecule has 0 amide bonds. The van der Waals surface area contributed by atoms with Gasteiger partial charge in [0.05, 0.1) is 4.90 Å². The van der Waals surface area contributed by atoms with E-state index < -0.39 is 26.2 Å². The highest BCUT2D eigenvalue weighted by atomic mass is 35.5. The molecule has 0 aliphatic carbocycles. The molecule has 1 heterocycles. The summed E-state index contributed by atoms with van der Waals surface area (Å²) in [6, 6.07) is 9.89. The SMILES string of the molecule is O=c1oc2ccc(Cl)cc2cc1S(=O)(=O)c1ccc(F)cc1. The third-order valence-corrected chi connectivity index (χ3v) is 5.07. The van der Waals surface area contributed by atoms with Crippen LogP contribution >= 0.6 is 11.6 Å². The first-order valence-corrected chi connectivity index (χ1v) is 7.98. The van der Waals surface area contributed by atoms with Gasteiger partial charge in [0, 0.05) is 10.4 Å². The minimum atomic E-state index is -4.11. The summed E-state index contributed by atoms with van der Waals surface area (Å²) in [6.07, 6.45) is 0. The zero-order valence-electron chi connectivity index (χ0n) is 10.9. The topological polar surface area (TPSA) is 64.3 Å². The first-order chi connectivity index (χ1) is 10.4. The van der Waals surface area contributed by atoms with Gasteiger partial charge in [-0.3, -0.25) is 0 Å². The smallest absolute Gasteiger partial charge is 0.355 e. The lowest BCUT2D eigenvalue weighted by Gasteiger charge is -2.05. The fourth-order valence-electron chi connectivity index (χ4n) is 2.00. The molecule has 0 aliphatic heterocycles. The van der Waals surface area contributed by atoms with Crippen molar-refractivity contribution in [3.8, 4) is 0 Å². The summed E-state index contributed by atoms with van der Waals surface area (Å²) in [5, 5.41) is 0.763. The third-order valence-electron chi connectivity index (χ3n) is 3.08. The van der Waals surface area contributed by atoms with Crippen molar-refractivity contribution in [3.63, 3.8) is 0 Å². The summed E-state index contributed by atoms with van der Waals surface area (Å²) >= 11 is 5.85. The standard InChI is InChI=1S/C15H8ClFO4S/c16-10-1-6-13-9(7-10)8-14(15(18)21-13)22(19,20)12-4-2-11(17)3-5-12/h1-8H. The van der Waals surface area contributed by atoms with Crippen molar-refractivity contribution in [1.29, 1.82) is 0 Å². The Hall–Kier alpha value is -2.18. The van der Waals surface area contributed by atoms with Crippen LogP contribution in [0.1, 0.15) is 0 Å². The van der Waals surface area contributed by atoms with Gasteiger partial charge in [0.15, 0.2) is 4.90 Å². The van der Waals surface area contributed by atoms with E-state index in [2.05, 4.69) is 0 Å². The summed E-state index contributed by atoms with van der Waals surface area (Å²) in [6.45, 7) is 0. The van der Waals surface area contributed by atoms with Crippen LogP contribution in [0.2, 0.25) is 5.02 Å². The third kappa shape index (κ3) is 2.51. The predicted molar refractivity (Wildman–Crippen MR) is 79.3 cm³/mol. The number of benzene rings is 2. The van der Waals surface area contributed by atoms with Crippen molar-refractivity contribution >= 4 is 32.4 Å². The zero-order chi connectivity index (χ0) is 15.9. The van der Waals surface area contributed by atoms with Crippen LogP contribution in [0.3, 0.4) is 0 Å². The molecule has 0 fully saturated rings. The summed E-state index contributed by atoms with van der Waals surface area (Å²) in [5.41, 5.74) is -0.758. The highest BCUT2D eigenvalue weighted by Gasteiger charge is 2.23. The molecule has 1 aromatic heterocycles. The Balaban J connectivity index is 2.26. The normalized spacial score (nSPS) is 11.7.